The molecule has 0 aromatic carbocycles. The summed E-state index contributed by atoms with van der Waals surface area (Å²) in [6.07, 6.45) is 4.04. The fourth-order valence-corrected chi connectivity index (χ4v) is 2.91. The molecule has 2 rings (SSSR count). The van der Waals surface area contributed by atoms with Crippen molar-refractivity contribution in [2.75, 3.05) is 20.1 Å². The lowest BCUT2D eigenvalue weighted by Gasteiger charge is -2.32. The molecule has 1 aliphatic rings. The molecule has 6 heteroatoms. The number of hydrogen-bond donors (Lipinski definition) is 1. The Morgan fingerprint density at radius 3 is 2.63 bits per heavy atom. The summed E-state index contributed by atoms with van der Waals surface area (Å²) in [6.45, 7) is 4.56. The zero-order chi connectivity index (χ0) is 13.1. The third kappa shape index (κ3) is 3.74. The summed E-state index contributed by atoms with van der Waals surface area (Å²) in [5.41, 5.74) is 0.785. The maximum atomic E-state index is 12.5. The van der Waals surface area contributed by atoms with Crippen molar-refractivity contribution in [3.8, 4) is 0 Å². The van der Waals surface area contributed by atoms with Crippen LogP contribution in [0.4, 0.5) is 0 Å². The molecule has 2 heterocycles. The molecule has 1 N–H and O–H groups in total. The lowest BCUT2D eigenvalue weighted by Crippen LogP contribution is -2.44. The van der Waals surface area contributed by atoms with Crippen LogP contribution in [0.1, 0.15) is 30.3 Å². The van der Waals surface area contributed by atoms with Crippen molar-refractivity contribution < 1.29 is 4.79 Å². The molecule has 1 aromatic rings. The largest absolute Gasteiger partial charge is 0.343 e. The third-order valence-corrected chi connectivity index (χ3v) is 4.05. The molecule has 1 aliphatic heterocycles. The molecule has 0 radical (unpaired) electrons. The molecule has 0 spiro atoms. The number of hydrogen-bond acceptors (Lipinski definition) is 2. The highest BCUT2D eigenvalue weighted by Gasteiger charge is 2.24. The van der Waals surface area contributed by atoms with Gasteiger partial charge in [-0.2, -0.15) is 0 Å². The van der Waals surface area contributed by atoms with Gasteiger partial charge in [0, 0.05) is 36.3 Å². The first-order valence-corrected chi connectivity index (χ1v) is 7.27. The van der Waals surface area contributed by atoms with Crippen molar-refractivity contribution in [2.45, 2.75) is 32.4 Å². The normalized spacial score (nSPS) is 16.3. The number of carbonyl (C=O) groups is 1. The molecule has 1 amide bonds. The second kappa shape index (κ2) is 7.31. The first kappa shape index (κ1) is 16.5. The zero-order valence-corrected chi connectivity index (χ0v) is 13.8. The Labute approximate surface area is 129 Å². The number of halogens is 2. The molecule has 0 aliphatic carbocycles. The first-order chi connectivity index (χ1) is 8.65. The summed E-state index contributed by atoms with van der Waals surface area (Å²) in [7, 11) is 1.99. The van der Waals surface area contributed by atoms with E-state index in [9.17, 15) is 4.79 Å². The minimum atomic E-state index is 0. The van der Waals surface area contributed by atoms with E-state index in [0.717, 1.165) is 42.6 Å². The maximum absolute atomic E-state index is 12.5. The van der Waals surface area contributed by atoms with E-state index in [1.165, 1.54) is 0 Å². The number of nitrogens with zero attached hydrogens (tertiary/aromatic N) is 2. The summed E-state index contributed by atoms with van der Waals surface area (Å²) >= 11 is 3.44. The minimum absolute atomic E-state index is 0. The summed E-state index contributed by atoms with van der Waals surface area (Å²) in [5, 5.41) is 3.28. The van der Waals surface area contributed by atoms with E-state index in [0.29, 0.717) is 6.04 Å². The maximum Gasteiger partial charge on any atom is 0.270 e. The van der Waals surface area contributed by atoms with Gasteiger partial charge in [-0.25, -0.2) is 0 Å². The van der Waals surface area contributed by atoms with Crippen molar-refractivity contribution in [1.82, 2.24) is 14.8 Å². The molecule has 0 bridgehead atoms. The predicted octanol–water partition coefficient (Wildman–Crippen LogP) is 2.52. The average Bonchev–Trinajstić information content (AvgIpc) is 2.79. The Hall–Kier alpha value is -0.520. The fraction of sp³-hybridized carbons (Fsp3) is 0.615. The van der Waals surface area contributed by atoms with Crippen LogP contribution in [0, 0.1) is 0 Å². The Morgan fingerprint density at radius 1 is 1.47 bits per heavy atom. The first-order valence-electron chi connectivity index (χ1n) is 6.48. The summed E-state index contributed by atoms with van der Waals surface area (Å²) in [5.74, 6) is 0.150. The standard InChI is InChI=1S/C13H20BrN3O.ClH/c1-3-16-9-10(14)8-12(16)13(18)17-6-4-11(15-2)5-7-17;/h8-9,11,15H,3-7H2,1-2H3;1H. The fourth-order valence-electron chi connectivity index (χ4n) is 2.45. The van der Waals surface area contributed by atoms with E-state index in [-0.39, 0.29) is 18.3 Å². The van der Waals surface area contributed by atoms with Crippen molar-refractivity contribution in [3.05, 3.63) is 22.4 Å². The molecule has 1 fully saturated rings. The number of carbonyl (C=O) groups excluding carboxylic acids is 1. The van der Waals surface area contributed by atoms with Gasteiger partial charge in [0.15, 0.2) is 0 Å². The number of nitrogens with one attached hydrogen (secondary N) is 1. The summed E-state index contributed by atoms with van der Waals surface area (Å²) in [4.78, 5) is 14.4. The Bertz CT molecular complexity index is 428. The van der Waals surface area contributed by atoms with Gasteiger partial charge < -0.3 is 14.8 Å². The number of aryl methyl sites for hydroxylation is 1. The molecule has 0 unspecified atom stereocenters. The lowest BCUT2D eigenvalue weighted by atomic mass is 10.1. The number of amides is 1. The van der Waals surface area contributed by atoms with Gasteiger partial charge in [0.2, 0.25) is 0 Å². The van der Waals surface area contributed by atoms with Gasteiger partial charge >= 0.3 is 0 Å². The molecule has 1 aromatic heterocycles. The van der Waals surface area contributed by atoms with Crippen molar-refractivity contribution in [2.24, 2.45) is 0 Å². The highest BCUT2D eigenvalue weighted by molar-refractivity contribution is 9.10. The van der Waals surface area contributed by atoms with Crippen molar-refractivity contribution in [1.29, 1.82) is 0 Å². The number of rotatable bonds is 3. The smallest absolute Gasteiger partial charge is 0.270 e. The monoisotopic (exact) mass is 349 g/mol. The van der Waals surface area contributed by atoms with Gasteiger partial charge in [0.05, 0.1) is 0 Å². The van der Waals surface area contributed by atoms with Crippen LogP contribution in [0.3, 0.4) is 0 Å². The van der Waals surface area contributed by atoms with Crippen LogP contribution in [-0.2, 0) is 6.54 Å². The van der Waals surface area contributed by atoms with E-state index in [2.05, 4.69) is 28.2 Å². The van der Waals surface area contributed by atoms with E-state index in [1.54, 1.807) is 0 Å². The quantitative estimate of drug-likeness (QED) is 0.909. The van der Waals surface area contributed by atoms with E-state index in [1.807, 2.05) is 28.8 Å². The Balaban J connectivity index is 0.00000180. The van der Waals surface area contributed by atoms with Gasteiger partial charge in [-0.15, -0.1) is 12.4 Å². The molecule has 0 saturated carbocycles. The van der Waals surface area contributed by atoms with E-state index >= 15 is 0 Å². The topological polar surface area (TPSA) is 37.3 Å². The van der Waals surface area contributed by atoms with Crippen LogP contribution in [0.25, 0.3) is 0 Å². The van der Waals surface area contributed by atoms with Gasteiger partial charge in [0.25, 0.3) is 5.91 Å². The SMILES string of the molecule is CCn1cc(Br)cc1C(=O)N1CCC(NC)CC1.Cl. The van der Waals surface area contributed by atoms with Gasteiger partial charge in [-0.05, 0) is 48.8 Å². The van der Waals surface area contributed by atoms with Gasteiger partial charge in [-0.1, -0.05) is 0 Å². The van der Waals surface area contributed by atoms with Crippen LogP contribution < -0.4 is 5.32 Å². The van der Waals surface area contributed by atoms with Crippen LogP contribution in [0.2, 0.25) is 0 Å². The second-order valence-electron chi connectivity index (χ2n) is 4.68. The number of likely N-dealkylation sites (tertiary alicyclic amines) is 1. The highest BCUT2D eigenvalue weighted by atomic mass is 79.9. The molecule has 1 saturated heterocycles. The predicted molar refractivity (Wildman–Crippen MR) is 83.0 cm³/mol. The van der Waals surface area contributed by atoms with Crippen LogP contribution in [0.15, 0.2) is 16.7 Å². The molecular weight excluding hydrogens is 330 g/mol. The molecule has 0 atom stereocenters. The Kier molecular flexibility index (Phi) is 6.36. The highest BCUT2D eigenvalue weighted by Crippen LogP contribution is 2.19. The number of piperidine rings is 1. The average molecular weight is 351 g/mol. The molecule has 108 valence electrons. The molecule has 19 heavy (non-hydrogen) atoms. The minimum Gasteiger partial charge on any atom is -0.343 e. The van der Waals surface area contributed by atoms with Crippen molar-refractivity contribution in [3.63, 3.8) is 0 Å². The van der Waals surface area contributed by atoms with Crippen LogP contribution in [-0.4, -0.2) is 41.6 Å². The van der Waals surface area contributed by atoms with E-state index < -0.39 is 0 Å². The second-order valence-corrected chi connectivity index (χ2v) is 5.60. The summed E-state index contributed by atoms with van der Waals surface area (Å²) in [6, 6.07) is 2.47. The number of aromatic nitrogens is 1. The van der Waals surface area contributed by atoms with Gasteiger partial charge in [-0.3, -0.25) is 4.79 Å². The third-order valence-electron chi connectivity index (χ3n) is 3.61. The van der Waals surface area contributed by atoms with Crippen LogP contribution >= 0.6 is 28.3 Å². The molecule has 4 nitrogen and oxygen atoms in total. The molecular formula is C13H21BrClN3O. The lowest BCUT2D eigenvalue weighted by molar-refractivity contribution is 0.0696. The Morgan fingerprint density at radius 2 is 2.11 bits per heavy atom. The van der Waals surface area contributed by atoms with E-state index in [4.69, 9.17) is 0 Å². The summed E-state index contributed by atoms with van der Waals surface area (Å²) < 4.78 is 2.97. The van der Waals surface area contributed by atoms with Gasteiger partial charge in [0.1, 0.15) is 5.69 Å². The van der Waals surface area contributed by atoms with Crippen LogP contribution in [0.5, 0.6) is 0 Å². The van der Waals surface area contributed by atoms with Crippen molar-refractivity contribution >= 4 is 34.2 Å². The zero-order valence-electron chi connectivity index (χ0n) is 11.4.